The van der Waals surface area contributed by atoms with Crippen LogP contribution in [0.1, 0.15) is 12.6 Å². The first-order valence-corrected chi connectivity index (χ1v) is 13.1. The first-order chi connectivity index (χ1) is 18.1. The summed E-state index contributed by atoms with van der Waals surface area (Å²) < 4.78 is 7.04. The smallest absolute Gasteiger partial charge is 0.234 e. The summed E-state index contributed by atoms with van der Waals surface area (Å²) in [4.78, 5) is 22.7. The second-order valence-corrected chi connectivity index (χ2v) is 9.52. The number of amides is 1. The highest BCUT2D eigenvalue weighted by Crippen LogP contribution is 2.33. The summed E-state index contributed by atoms with van der Waals surface area (Å²) in [6.07, 6.45) is 0.703. The lowest BCUT2D eigenvalue weighted by molar-refractivity contribution is -0.113. The minimum atomic E-state index is -0.173. The van der Waals surface area contributed by atoms with Gasteiger partial charge in [0.05, 0.1) is 34.7 Å². The maximum atomic E-state index is 12.9. The van der Waals surface area contributed by atoms with Gasteiger partial charge in [0.15, 0.2) is 11.5 Å². The molecule has 7 nitrogen and oxygen atoms in total. The highest BCUT2D eigenvalue weighted by atomic mass is 35.5. The number of benzene rings is 3. The fourth-order valence-corrected chi connectivity index (χ4v) is 5.05. The van der Waals surface area contributed by atoms with Crippen molar-refractivity contribution < 1.29 is 9.53 Å². The lowest BCUT2D eigenvalue weighted by Crippen LogP contribution is -2.14. The predicted octanol–water partition coefficient (Wildman–Crippen LogP) is 6.44. The van der Waals surface area contributed by atoms with Gasteiger partial charge in [0, 0.05) is 11.3 Å². The summed E-state index contributed by atoms with van der Waals surface area (Å²) >= 11 is 7.57. The highest BCUT2D eigenvalue weighted by Gasteiger charge is 2.20. The van der Waals surface area contributed by atoms with Crippen LogP contribution in [-0.2, 0) is 11.2 Å². The average Bonchev–Trinajstić information content (AvgIpc) is 3.32. The average molecular weight is 530 g/mol. The summed E-state index contributed by atoms with van der Waals surface area (Å²) in [6.45, 7) is 2.05. The van der Waals surface area contributed by atoms with Crippen molar-refractivity contribution in [3.8, 4) is 22.8 Å². The number of carbonyl (C=O) groups is 1. The molecule has 2 heterocycles. The minimum Gasteiger partial charge on any atom is -0.495 e. The molecule has 0 aliphatic carbocycles. The normalized spacial score (nSPS) is 11.0. The fraction of sp³-hybridized carbons (Fsp3) is 0.143. The van der Waals surface area contributed by atoms with Crippen LogP contribution in [0.15, 0.2) is 83.9 Å². The molecule has 0 saturated carbocycles. The number of fused-ring (bicyclic) bond motifs is 1. The standard InChI is InChI=1S/C28H24ClN5O2S/c1-3-22-25-27(34(33-22)20-12-8-5-9-13-20)31-26(18-10-6-4-7-11-18)32-28(25)37-17-24(35)30-19-14-15-23(36-2)21(29)16-19/h4-16H,3,17H2,1-2H3,(H,30,35). The van der Waals surface area contributed by atoms with Crippen molar-refractivity contribution in [3.63, 3.8) is 0 Å². The van der Waals surface area contributed by atoms with Crippen LogP contribution in [0.5, 0.6) is 5.75 Å². The molecule has 0 aliphatic heterocycles. The molecule has 1 amide bonds. The molecule has 1 N–H and O–H groups in total. The lowest BCUT2D eigenvalue weighted by atomic mass is 10.2. The van der Waals surface area contributed by atoms with E-state index in [-0.39, 0.29) is 11.7 Å². The maximum absolute atomic E-state index is 12.9. The molecule has 186 valence electrons. The van der Waals surface area contributed by atoms with Gasteiger partial charge < -0.3 is 10.1 Å². The Kier molecular flexibility index (Phi) is 7.39. The van der Waals surface area contributed by atoms with Crippen LogP contribution in [0.3, 0.4) is 0 Å². The van der Waals surface area contributed by atoms with Gasteiger partial charge in [-0.2, -0.15) is 5.10 Å². The zero-order valence-corrected chi connectivity index (χ0v) is 21.9. The number of anilines is 1. The van der Waals surface area contributed by atoms with Gasteiger partial charge in [-0.25, -0.2) is 14.6 Å². The van der Waals surface area contributed by atoms with Gasteiger partial charge >= 0.3 is 0 Å². The number of nitrogens with one attached hydrogen (secondary N) is 1. The van der Waals surface area contributed by atoms with Gasteiger partial charge in [-0.1, -0.05) is 78.8 Å². The third-order valence-corrected chi connectivity index (χ3v) is 6.98. The Morgan fingerprint density at radius 2 is 1.76 bits per heavy atom. The van der Waals surface area contributed by atoms with Crippen molar-refractivity contribution in [2.24, 2.45) is 0 Å². The number of aromatic nitrogens is 4. The number of para-hydroxylation sites is 1. The van der Waals surface area contributed by atoms with Crippen LogP contribution in [0.4, 0.5) is 5.69 Å². The first-order valence-electron chi connectivity index (χ1n) is 11.7. The number of nitrogens with zero attached hydrogens (tertiary/aromatic N) is 4. The zero-order valence-electron chi connectivity index (χ0n) is 20.3. The van der Waals surface area contributed by atoms with E-state index in [1.807, 2.05) is 65.3 Å². The number of hydrogen-bond acceptors (Lipinski definition) is 6. The van der Waals surface area contributed by atoms with E-state index in [0.717, 1.165) is 22.3 Å². The fourth-order valence-electron chi connectivity index (χ4n) is 3.95. The Labute approximate surface area is 223 Å². The van der Waals surface area contributed by atoms with Gasteiger partial charge in [-0.05, 0) is 36.8 Å². The number of methoxy groups -OCH3 is 1. The predicted molar refractivity (Wildman–Crippen MR) is 149 cm³/mol. The SMILES string of the molecule is CCc1nn(-c2ccccc2)c2nc(-c3ccccc3)nc(SCC(=O)Nc3ccc(OC)c(Cl)c3)c12. The number of ether oxygens (including phenoxy) is 1. The zero-order chi connectivity index (χ0) is 25.8. The Bertz CT molecular complexity index is 1560. The Morgan fingerprint density at radius 3 is 2.43 bits per heavy atom. The van der Waals surface area contributed by atoms with Crippen LogP contribution in [0.25, 0.3) is 28.1 Å². The van der Waals surface area contributed by atoms with Crippen molar-refractivity contribution >= 4 is 46.0 Å². The Balaban J connectivity index is 1.52. The van der Waals surface area contributed by atoms with E-state index in [0.29, 0.717) is 39.4 Å². The summed E-state index contributed by atoms with van der Waals surface area (Å²) in [5, 5.41) is 9.76. The maximum Gasteiger partial charge on any atom is 0.234 e. The molecular weight excluding hydrogens is 506 g/mol. The molecule has 3 aromatic carbocycles. The van der Waals surface area contributed by atoms with Crippen molar-refractivity contribution in [2.45, 2.75) is 18.4 Å². The topological polar surface area (TPSA) is 81.9 Å². The second-order valence-electron chi connectivity index (χ2n) is 8.15. The largest absolute Gasteiger partial charge is 0.495 e. The molecule has 0 unspecified atom stereocenters. The van der Waals surface area contributed by atoms with Crippen molar-refractivity contribution in [1.29, 1.82) is 0 Å². The number of halogens is 1. The van der Waals surface area contributed by atoms with Gasteiger partial charge in [-0.3, -0.25) is 4.79 Å². The monoisotopic (exact) mass is 529 g/mol. The number of rotatable bonds is 8. The summed E-state index contributed by atoms with van der Waals surface area (Å²) in [7, 11) is 1.55. The third kappa shape index (κ3) is 5.30. The van der Waals surface area contributed by atoms with Crippen molar-refractivity contribution in [2.75, 3.05) is 18.2 Å². The van der Waals surface area contributed by atoms with Gasteiger partial charge in [-0.15, -0.1) is 0 Å². The van der Waals surface area contributed by atoms with Crippen LogP contribution in [0.2, 0.25) is 5.02 Å². The molecule has 5 rings (SSSR count). The molecule has 5 aromatic rings. The first kappa shape index (κ1) is 24.8. The van der Waals surface area contributed by atoms with Crippen LogP contribution < -0.4 is 10.1 Å². The summed E-state index contributed by atoms with van der Waals surface area (Å²) in [5.74, 6) is 1.11. The number of thioether (sulfide) groups is 1. The molecule has 0 bridgehead atoms. The molecule has 2 aromatic heterocycles. The van der Waals surface area contributed by atoms with E-state index >= 15 is 0 Å². The molecule has 0 spiro atoms. The van der Waals surface area contributed by atoms with Crippen molar-refractivity contribution in [1.82, 2.24) is 19.7 Å². The molecule has 0 radical (unpaired) electrons. The quantitative estimate of drug-likeness (QED) is 0.184. The second kappa shape index (κ2) is 11.0. The Morgan fingerprint density at radius 1 is 1.03 bits per heavy atom. The van der Waals surface area contributed by atoms with Gasteiger partial charge in [0.2, 0.25) is 5.91 Å². The number of aryl methyl sites for hydroxylation is 1. The molecule has 0 fully saturated rings. The van der Waals surface area contributed by atoms with E-state index in [1.54, 1.807) is 25.3 Å². The van der Waals surface area contributed by atoms with E-state index < -0.39 is 0 Å². The molecule has 37 heavy (non-hydrogen) atoms. The van der Waals surface area contributed by atoms with E-state index in [1.165, 1.54) is 11.8 Å². The molecule has 0 aliphatic rings. The minimum absolute atomic E-state index is 0.156. The van der Waals surface area contributed by atoms with E-state index in [4.69, 9.17) is 31.4 Å². The lowest BCUT2D eigenvalue weighted by Gasteiger charge is -2.10. The molecular formula is C28H24ClN5O2S. The number of hydrogen-bond donors (Lipinski definition) is 1. The summed E-state index contributed by atoms with van der Waals surface area (Å²) in [5.41, 5.74) is 3.99. The van der Waals surface area contributed by atoms with E-state index in [2.05, 4.69) is 12.2 Å². The third-order valence-electron chi connectivity index (χ3n) is 5.71. The van der Waals surface area contributed by atoms with Gasteiger partial charge in [0.1, 0.15) is 10.8 Å². The van der Waals surface area contributed by atoms with E-state index in [9.17, 15) is 4.79 Å². The molecule has 0 atom stereocenters. The van der Waals surface area contributed by atoms with Crippen LogP contribution in [-0.4, -0.2) is 38.5 Å². The highest BCUT2D eigenvalue weighted by molar-refractivity contribution is 8.00. The molecule has 0 saturated heterocycles. The van der Waals surface area contributed by atoms with Crippen molar-refractivity contribution in [3.05, 3.63) is 89.6 Å². The van der Waals surface area contributed by atoms with Crippen LogP contribution in [0, 0.1) is 0 Å². The Hall–Kier alpha value is -3.88. The summed E-state index contributed by atoms with van der Waals surface area (Å²) in [6, 6.07) is 24.8. The number of carbonyl (C=O) groups excluding carboxylic acids is 1. The van der Waals surface area contributed by atoms with Gasteiger partial charge in [0.25, 0.3) is 0 Å². The van der Waals surface area contributed by atoms with Crippen LogP contribution >= 0.6 is 23.4 Å². The molecule has 9 heteroatoms.